The maximum atomic E-state index is 12.8. The van der Waals surface area contributed by atoms with Crippen molar-refractivity contribution < 1.29 is 4.79 Å². The molecular formula is C16H23NO. The number of rotatable bonds is 3. The minimum atomic E-state index is -0.0262. The second kappa shape index (κ2) is 4.30. The SMILES string of the molecule is C#CCN(CC)C(=O)C12CC3CC(CC(C3)C1)C2. The van der Waals surface area contributed by atoms with Crippen LogP contribution in [-0.2, 0) is 4.79 Å². The van der Waals surface area contributed by atoms with E-state index in [9.17, 15) is 4.79 Å². The first-order chi connectivity index (χ1) is 8.66. The summed E-state index contributed by atoms with van der Waals surface area (Å²) in [6.07, 6.45) is 13.0. The molecule has 0 aromatic heterocycles. The predicted octanol–water partition coefficient (Wildman–Crippen LogP) is 2.68. The summed E-state index contributed by atoms with van der Waals surface area (Å²) in [7, 11) is 0. The van der Waals surface area contributed by atoms with E-state index in [1.54, 1.807) is 0 Å². The molecule has 1 amide bonds. The van der Waals surface area contributed by atoms with Gasteiger partial charge in [-0.2, -0.15) is 0 Å². The monoisotopic (exact) mass is 245 g/mol. The highest BCUT2D eigenvalue weighted by molar-refractivity contribution is 5.83. The molecule has 18 heavy (non-hydrogen) atoms. The van der Waals surface area contributed by atoms with E-state index in [1.807, 2.05) is 11.8 Å². The van der Waals surface area contributed by atoms with Gasteiger partial charge >= 0.3 is 0 Å². The lowest BCUT2D eigenvalue weighted by molar-refractivity contribution is -0.156. The molecule has 2 nitrogen and oxygen atoms in total. The largest absolute Gasteiger partial charge is 0.331 e. The van der Waals surface area contributed by atoms with Crippen molar-refractivity contribution in [1.29, 1.82) is 0 Å². The van der Waals surface area contributed by atoms with Gasteiger partial charge in [-0.3, -0.25) is 4.79 Å². The minimum absolute atomic E-state index is 0.0262. The molecule has 0 heterocycles. The Balaban J connectivity index is 1.82. The number of terminal acetylenes is 1. The summed E-state index contributed by atoms with van der Waals surface area (Å²) in [6.45, 7) is 3.28. The van der Waals surface area contributed by atoms with Crippen LogP contribution in [0.5, 0.6) is 0 Å². The Bertz CT molecular complexity index is 357. The van der Waals surface area contributed by atoms with Gasteiger partial charge in [-0.1, -0.05) is 5.92 Å². The molecule has 0 saturated heterocycles. The molecule has 0 aromatic carbocycles. The molecule has 0 radical (unpaired) electrons. The lowest BCUT2D eigenvalue weighted by Crippen LogP contribution is -2.54. The lowest BCUT2D eigenvalue weighted by atomic mass is 9.49. The first-order valence-electron chi connectivity index (χ1n) is 7.39. The van der Waals surface area contributed by atoms with Crippen molar-refractivity contribution in [1.82, 2.24) is 4.90 Å². The average molecular weight is 245 g/mol. The first-order valence-corrected chi connectivity index (χ1v) is 7.39. The summed E-state index contributed by atoms with van der Waals surface area (Å²) >= 11 is 0. The standard InChI is InChI=1S/C16H23NO/c1-3-5-17(4-2)15(18)16-9-12-6-13(10-16)8-14(7-12)11-16/h1,12-14H,4-11H2,2H3. The van der Waals surface area contributed by atoms with Gasteiger partial charge in [0.1, 0.15) is 0 Å². The summed E-state index contributed by atoms with van der Waals surface area (Å²) in [5.41, 5.74) is -0.0262. The van der Waals surface area contributed by atoms with Crippen LogP contribution < -0.4 is 0 Å². The summed E-state index contributed by atoms with van der Waals surface area (Å²) in [4.78, 5) is 14.7. The lowest BCUT2D eigenvalue weighted by Gasteiger charge is -2.56. The van der Waals surface area contributed by atoms with E-state index in [1.165, 1.54) is 19.3 Å². The van der Waals surface area contributed by atoms with Crippen molar-refractivity contribution in [2.75, 3.05) is 13.1 Å². The van der Waals surface area contributed by atoms with Gasteiger partial charge in [-0.25, -0.2) is 0 Å². The van der Waals surface area contributed by atoms with Gasteiger partial charge in [0.25, 0.3) is 0 Å². The highest BCUT2D eigenvalue weighted by Crippen LogP contribution is 2.60. The van der Waals surface area contributed by atoms with Gasteiger partial charge in [-0.05, 0) is 63.2 Å². The van der Waals surface area contributed by atoms with Crippen molar-refractivity contribution in [2.24, 2.45) is 23.2 Å². The van der Waals surface area contributed by atoms with E-state index in [0.29, 0.717) is 12.5 Å². The second-order valence-corrected chi connectivity index (χ2v) is 6.72. The van der Waals surface area contributed by atoms with E-state index < -0.39 is 0 Å². The molecule has 2 heteroatoms. The molecule has 4 aliphatic rings. The second-order valence-electron chi connectivity index (χ2n) is 6.72. The van der Waals surface area contributed by atoms with E-state index in [0.717, 1.165) is 43.6 Å². The zero-order valence-electron chi connectivity index (χ0n) is 11.3. The number of nitrogens with zero attached hydrogens (tertiary/aromatic N) is 1. The van der Waals surface area contributed by atoms with Crippen molar-refractivity contribution in [2.45, 2.75) is 45.4 Å². The smallest absolute Gasteiger partial charge is 0.229 e. The number of carbonyl (C=O) groups excluding carboxylic acids is 1. The van der Waals surface area contributed by atoms with Crippen LogP contribution in [0.1, 0.15) is 45.4 Å². The van der Waals surface area contributed by atoms with Gasteiger partial charge < -0.3 is 4.90 Å². The van der Waals surface area contributed by atoms with Crippen LogP contribution in [0.4, 0.5) is 0 Å². The Morgan fingerprint density at radius 1 is 1.22 bits per heavy atom. The van der Waals surface area contributed by atoms with Crippen LogP contribution in [0.15, 0.2) is 0 Å². The first kappa shape index (κ1) is 12.1. The van der Waals surface area contributed by atoms with E-state index in [4.69, 9.17) is 6.42 Å². The van der Waals surface area contributed by atoms with E-state index in [-0.39, 0.29) is 5.41 Å². The summed E-state index contributed by atoms with van der Waals surface area (Å²) in [5.74, 6) is 5.47. The normalized spacial score (nSPS) is 40.6. The minimum Gasteiger partial charge on any atom is -0.331 e. The molecule has 4 bridgehead atoms. The van der Waals surface area contributed by atoms with Crippen LogP contribution in [0.2, 0.25) is 0 Å². The number of hydrogen-bond acceptors (Lipinski definition) is 1. The van der Waals surface area contributed by atoms with Gasteiger partial charge in [0.2, 0.25) is 5.91 Å². The van der Waals surface area contributed by atoms with E-state index >= 15 is 0 Å². The molecule has 0 spiro atoms. The zero-order chi connectivity index (χ0) is 12.8. The maximum Gasteiger partial charge on any atom is 0.229 e. The van der Waals surface area contributed by atoms with Crippen molar-refractivity contribution >= 4 is 5.91 Å². The van der Waals surface area contributed by atoms with Crippen molar-refractivity contribution in [3.63, 3.8) is 0 Å². The molecule has 4 fully saturated rings. The van der Waals surface area contributed by atoms with Gasteiger partial charge in [0.05, 0.1) is 12.0 Å². The molecular weight excluding hydrogens is 222 g/mol. The fraction of sp³-hybridized carbons (Fsp3) is 0.812. The van der Waals surface area contributed by atoms with Gasteiger partial charge in [0, 0.05) is 6.54 Å². The number of amides is 1. The molecule has 0 N–H and O–H groups in total. The van der Waals surface area contributed by atoms with Gasteiger partial charge in [0.15, 0.2) is 0 Å². The molecule has 0 aromatic rings. The number of hydrogen-bond donors (Lipinski definition) is 0. The third-order valence-electron chi connectivity index (χ3n) is 5.44. The number of carbonyl (C=O) groups is 1. The summed E-state index contributed by atoms with van der Waals surface area (Å²) in [6, 6.07) is 0. The van der Waals surface area contributed by atoms with E-state index in [2.05, 4.69) is 5.92 Å². The molecule has 4 aliphatic carbocycles. The van der Waals surface area contributed by atoms with Gasteiger partial charge in [-0.15, -0.1) is 6.42 Å². The summed E-state index contributed by atoms with van der Waals surface area (Å²) < 4.78 is 0. The average Bonchev–Trinajstić information content (AvgIpc) is 2.33. The van der Waals surface area contributed by atoms with Crippen LogP contribution in [0, 0.1) is 35.5 Å². The molecule has 4 rings (SSSR count). The molecule has 0 atom stereocenters. The molecule has 0 aliphatic heterocycles. The Morgan fingerprint density at radius 2 is 1.72 bits per heavy atom. The Morgan fingerprint density at radius 3 is 2.11 bits per heavy atom. The Labute approximate surface area is 110 Å². The Kier molecular flexibility index (Phi) is 2.88. The van der Waals surface area contributed by atoms with Crippen LogP contribution in [0.25, 0.3) is 0 Å². The zero-order valence-corrected chi connectivity index (χ0v) is 11.3. The summed E-state index contributed by atoms with van der Waals surface area (Å²) in [5, 5.41) is 0. The fourth-order valence-corrected chi connectivity index (χ4v) is 5.15. The van der Waals surface area contributed by atoms with Crippen molar-refractivity contribution in [3.8, 4) is 12.3 Å². The highest BCUT2D eigenvalue weighted by Gasteiger charge is 2.55. The maximum absolute atomic E-state index is 12.8. The van der Waals surface area contributed by atoms with Crippen molar-refractivity contribution in [3.05, 3.63) is 0 Å². The van der Waals surface area contributed by atoms with Crippen LogP contribution >= 0.6 is 0 Å². The quantitative estimate of drug-likeness (QED) is 0.700. The third kappa shape index (κ3) is 1.76. The predicted molar refractivity (Wildman–Crippen MR) is 71.7 cm³/mol. The van der Waals surface area contributed by atoms with Crippen LogP contribution in [-0.4, -0.2) is 23.9 Å². The van der Waals surface area contributed by atoms with Crippen LogP contribution in [0.3, 0.4) is 0 Å². The highest BCUT2D eigenvalue weighted by atomic mass is 16.2. The third-order valence-corrected chi connectivity index (χ3v) is 5.44. The molecule has 4 saturated carbocycles. The molecule has 0 unspecified atom stereocenters. The molecule has 98 valence electrons. The fourth-order valence-electron chi connectivity index (χ4n) is 5.15. The Hall–Kier alpha value is -0.970. The topological polar surface area (TPSA) is 20.3 Å².